The molecule has 2 aromatic carbocycles. The molecular formula is C13H6Cl2O3S. The van der Waals surface area contributed by atoms with Gasteiger partial charge in [-0.2, -0.15) is 0 Å². The highest BCUT2D eigenvalue weighted by Gasteiger charge is 2.20. The number of rotatable bonds is 0. The lowest BCUT2D eigenvalue weighted by Crippen LogP contribution is -2.01. The minimum Gasteiger partial charge on any atom is -0.505 e. The summed E-state index contributed by atoms with van der Waals surface area (Å²) in [6.07, 6.45) is 0. The first-order valence-corrected chi connectivity index (χ1v) is 6.84. The average Bonchev–Trinajstić information content (AvgIpc) is 2.43. The zero-order chi connectivity index (χ0) is 13.7. The average molecular weight is 313 g/mol. The third kappa shape index (κ3) is 1.68. The van der Waals surface area contributed by atoms with E-state index in [-0.39, 0.29) is 31.3 Å². The van der Waals surface area contributed by atoms with Crippen molar-refractivity contribution in [2.75, 3.05) is 0 Å². The van der Waals surface area contributed by atoms with E-state index in [1.54, 1.807) is 24.3 Å². The lowest BCUT2D eigenvalue weighted by atomic mass is 10.1. The van der Waals surface area contributed by atoms with Crippen molar-refractivity contribution in [2.45, 2.75) is 0 Å². The van der Waals surface area contributed by atoms with Gasteiger partial charge in [-0.1, -0.05) is 35.3 Å². The fourth-order valence-corrected chi connectivity index (χ4v) is 3.49. The summed E-state index contributed by atoms with van der Waals surface area (Å²) in [6.45, 7) is 0. The van der Waals surface area contributed by atoms with Gasteiger partial charge in [-0.3, -0.25) is 4.79 Å². The van der Waals surface area contributed by atoms with Crippen molar-refractivity contribution in [2.24, 2.45) is 0 Å². The Balaban J connectivity index is 2.71. The molecular weight excluding hydrogens is 307 g/mol. The molecule has 3 aromatic rings. The Morgan fingerprint density at radius 3 is 2.37 bits per heavy atom. The van der Waals surface area contributed by atoms with Crippen molar-refractivity contribution < 1.29 is 10.2 Å². The van der Waals surface area contributed by atoms with Crippen molar-refractivity contribution in [3.05, 3.63) is 44.5 Å². The molecule has 96 valence electrons. The Labute approximate surface area is 121 Å². The maximum absolute atomic E-state index is 12.4. The van der Waals surface area contributed by atoms with E-state index >= 15 is 0 Å². The number of phenols is 2. The Morgan fingerprint density at radius 1 is 1.00 bits per heavy atom. The summed E-state index contributed by atoms with van der Waals surface area (Å²) in [4.78, 5) is 12.4. The zero-order valence-electron chi connectivity index (χ0n) is 9.28. The van der Waals surface area contributed by atoms with E-state index in [9.17, 15) is 15.0 Å². The standard InChI is InChI=1S/C13H6Cl2O3S/c14-8-9(15)12(18)13-7(11(8)17)10(16)5-3-1-2-4-6(5)19-13/h1-4,17-18H. The minimum absolute atomic E-state index is 0.00407. The molecule has 0 unspecified atom stereocenters. The first-order chi connectivity index (χ1) is 9.02. The van der Waals surface area contributed by atoms with Gasteiger partial charge in [-0.25, -0.2) is 0 Å². The summed E-state index contributed by atoms with van der Waals surface area (Å²) in [5.41, 5.74) is -0.379. The Bertz CT molecular complexity index is 887. The molecule has 0 radical (unpaired) electrons. The van der Waals surface area contributed by atoms with Crippen LogP contribution in [0.4, 0.5) is 0 Å². The van der Waals surface area contributed by atoms with E-state index < -0.39 is 5.75 Å². The highest BCUT2D eigenvalue weighted by atomic mass is 35.5. The number of benzene rings is 2. The Hall–Kier alpha value is -1.49. The van der Waals surface area contributed by atoms with Crippen LogP contribution in [0.3, 0.4) is 0 Å². The summed E-state index contributed by atoms with van der Waals surface area (Å²) >= 11 is 12.8. The summed E-state index contributed by atoms with van der Waals surface area (Å²) in [7, 11) is 0. The van der Waals surface area contributed by atoms with Crippen LogP contribution in [0.25, 0.3) is 20.2 Å². The first-order valence-electron chi connectivity index (χ1n) is 5.26. The maximum Gasteiger partial charge on any atom is 0.199 e. The number of aromatic hydroxyl groups is 2. The predicted octanol–water partition coefficient (Wildman–Crippen LogP) is 4.13. The first kappa shape index (κ1) is 12.5. The fraction of sp³-hybridized carbons (Fsp3) is 0. The van der Waals surface area contributed by atoms with Crippen LogP contribution in [0.2, 0.25) is 10.0 Å². The van der Waals surface area contributed by atoms with Gasteiger partial charge in [-0.15, -0.1) is 11.3 Å². The van der Waals surface area contributed by atoms with Gasteiger partial charge in [0.25, 0.3) is 0 Å². The highest BCUT2D eigenvalue weighted by molar-refractivity contribution is 7.25. The monoisotopic (exact) mass is 312 g/mol. The molecule has 3 rings (SSSR count). The van der Waals surface area contributed by atoms with Crippen molar-refractivity contribution >= 4 is 54.7 Å². The summed E-state index contributed by atoms with van der Waals surface area (Å²) in [5, 5.41) is 20.1. The lowest BCUT2D eigenvalue weighted by molar-refractivity contribution is 0.470. The van der Waals surface area contributed by atoms with Gasteiger partial charge >= 0.3 is 0 Å². The second kappa shape index (κ2) is 4.27. The zero-order valence-corrected chi connectivity index (χ0v) is 11.6. The van der Waals surface area contributed by atoms with Crippen LogP contribution in [-0.4, -0.2) is 10.2 Å². The van der Waals surface area contributed by atoms with Crippen LogP contribution in [0.1, 0.15) is 0 Å². The van der Waals surface area contributed by atoms with E-state index in [0.717, 1.165) is 0 Å². The van der Waals surface area contributed by atoms with Crippen molar-refractivity contribution in [1.29, 1.82) is 0 Å². The van der Waals surface area contributed by atoms with E-state index in [1.807, 2.05) is 0 Å². The van der Waals surface area contributed by atoms with Gasteiger partial charge < -0.3 is 10.2 Å². The molecule has 0 aliphatic carbocycles. The normalized spacial score (nSPS) is 11.3. The van der Waals surface area contributed by atoms with Crippen molar-refractivity contribution in [1.82, 2.24) is 0 Å². The van der Waals surface area contributed by atoms with Crippen LogP contribution >= 0.6 is 34.5 Å². The molecule has 0 amide bonds. The molecule has 0 aliphatic rings. The van der Waals surface area contributed by atoms with Crippen LogP contribution in [0.5, 0.6) is 11.5 Å². The Kier molecular flexibility index (Phi) is 2.82. The van der Waals surface area contributed by atoms with Crippen LogP contribution < -0.4 is 5.43 Å². The molecule has 0 atom stereocenters. The van der Waals surface area contributed by atoms with Gasteiger partial charge in [0.05, 0.1) is 10.1 Å². The van der Waals surface area contributed by atoms with E-state index in [1.165, 1.54) is 11.3 Å². The summed E-state index contributed by atoms with van der Waals surface area (Å²) in [6, 6.07) is 6.95. The van der Waals surface area contributed by atoms with E-state index in [2.05, 4.69) is 0 Å². The molecule has 0 fully saturated rings. The Morgan fingerprint density at radius 2 is 1.63 bits per heavy atom. The van der Waals surface area contributed by atoms with E-state index in [0.29, 0.717) is 10.1 Å². The summed E-state index contributed by atoms with van der Waals surface area (Å²) in [5.74, 6) is -0.682. The molecule has 0 spiro atoms. The van der Waals surface area contributed by atoms with Crippen LogP contribution in [-0.2, 0) is 0 Å². The number of halogens is 2. The largest absolute Gasteiger partial charge is 0.505 e. The highest BCUT2D eigenvalue weighted by Crippen LogP contribution is 2.46. The molecule has 19 heavy (non-hydrogen) atoms. The molecule has 3 nitrogen and oxygen atoms in total. The number of hydrogen-bond donors (Lipinski definition) is 2. The second-order valence-electron chi connectivity index (χ2n) is 3.96. The number of phenolic OH excluding ortho intramolecular Hbond substituents is 2. The molecule has 1 aromatic heterocycles. The lowest BCUT2D eigenvalue weighted by Gasteiger charge is -2.08. The predicted molar refractivity (Wildman–Crippen MR) is 79.0 cm³/mol. The molecule has 2 N–H and O–H groups in total. The smallest absolute Gasteiger partial charge is 0.199 e. The van der Waals surface area contributed by atoms with Crippen LogP contribution in [0.15, 0.2) is 29.1 Å². The van der Waals surface area contributed by atoms with Crippen LogP contribution in [0, 0.1) is 0 Å². The van der Waals surface area contributed by atoms with Gasteiger partial charge in [-0.05, 0) is 12.1 Å². The van der Waals surface area contributed by atoms with E-state index in [4.69, 9.17) is 23.2 Å². The van der Waals surface area contributed by atoms with Gasteiger partial charge in [0.15, 0.2) is 11.2 Å². The van der Waals surface area contributed by atoms with Gasteiger partial charge in [0, 0.05) is 10.1 Å². The molecule has 6 heteroatoms. The third-order valence-corrected chi connectivity index (χ3v) is 4.87. The second-order valence-corrected chi connectivity index (χ2v) is 5.76. The third-order valence-electron chi connectivity index (χ3n) is 2.86. The molecule has 0 aliphatic heterocycles. The summed E-state index contributed by atoms with van der Waals surface area (Å²) < 4.78 is 0.934. The number of hydrogen-bond acceptors (Lipinski definition) is 4. The molecule has 0 saturated carbocycles. The van der Waals surface area contributed by atoms with Gasteiger partial charge in [0.2, 0.25) is 0 Å². The van der Waals surface area contributed by atoms with Gasteiger partial charge in [0.1, 0.15) is 15.8 Å². The quantitative estimate of drug-likeness (QED) is 0.484. The molecule has 0 bridgehead atoms. The topological polar surface area (TPSA) is 57.5 Å². The molecule has 1 heterocycles. The molecule has 0 saturated heterocycles. The maximum atomic E-state index is 12.4. The SMILES string of the molecule is O=c1c2ccccc2sc2c(O)c(Cl)c(Cl)c(O)c12. The minimum atomic E-state index is -0.397. The van der Waals surface area contributed by atoms with Crippen molar-refractivity contribution in [3.63, 3.8) is 0 Å². The van der Waals surface area contributed by atoms with Crippen molar-refractivity contribution in [3.8, 4) is 11.5 Å². The fourth-order valence-electron chi connectivity index (χ4n) is 1.94. The number of fused-ring (bicyclic) bond motifs is 2.